The zero-order chi connectivity index (χ0) is 19.4. The van der Waals surface area contributed by atoms with Crippen LogP contribution in [0.15, 0.2) is 55.6 Å². The van der Waals surface area contributed by atoms with E-state index in [2.05, 4.69) is 4.57 Å². The van der Waals surface area contributed by atoms with E-state index in [0.717, 1.165) is 17.9 Å². The molecule has 7 nitrogen and oxygen atoms in total. The minimum atomic E-state index is -0.471. The van der Waals surface area contributed by atoms with Gasteiger partial charge in [0.05, 0.1) is 18.4 Å². The second-order valence-corrected chi connectivity index (χ2v) is 7.72. The monoisotopic (exact) mass is 369 g/mol. The van der Waals surface area contributed by atoms with Crippen molar-refractivity contribution >= 4 is 5.97 Å². The summed E-state index contributed by atoms with van der Waals surface area (Å²) in [6, 6.07) is 6.07. The molecular formula is C20H27N5O2+2. The largest absolute Gasteiger partial charge is 0.457 e. The average molecular weight is 369 g/mol. The summed E-state index contributed by atoms with van der Waals surface area (Å²) in [6.45, 7) is 7.18. The number of ether oxygens (including phenoxy) is 1. The highest BCUT2D eigenvalue weighted by Crippen LogP contribution is 2.07. The molecule has 0 fully saturated rings. The van der Waals surface area contributed by atoms with Crippen LogP contribution in [0.4, 0.5) is 0 Å². The van der Waals surface area contributed by atoms with Crippen LogP contribution in [0, 0.1) is 0 Å². The molecule has 0 aliphatic rings. The number of aromatic nitrogens is 5. The Kier molecular flexibility index (Phi) is 5.39. The Balaban J connectivity index is 1.61. The molecule has 0 amide bonds. The van der Waals surface area contributed by atoms with Crippen LogP contribution in [0.3, 0.4) is 0 Å². The molecule has 0 N–H and O–H groups in total. The lowest BCUT2D eigenvalue weighted by Crippen LogP contribution is -2.33. The van der Waals surface area contributed by atoms with Crippen LogP contribution in [0.5, 0.6) is 0 Å². The van der Waals surface area contributed by atoms with Gasteiger partial charge in [0, 0.05) is 0 Å². The molecule has 3 heterocycles. The number of nitrogens with zero attached hydrogens (tertiary/aromatic N) is 5. The molecule has 0 aliphatic carbocycles. The van der Waals surface area contributed by atoms with Gasteiger partial charge in [-0.1, -0.05) is 6.07 Å². The highest BCUT2D eigenvalue weighted by molar-refractivity contribution is 5.69. The van der Waals surface area contributed by atoms with Gasteiger partial charge in [0.25, 0.3) is 0 Å². The quantitative estimate of drug-likeness (QED) is 0.485. The molecule has 7 heteroatoms. The Morgan fingerprint density at radius 2 is 1.85 bits per heavy atom. The Morgan fingerprint density at radius 3 is 2.56 bits per heavy atom. The van der Waals surface area contributed by atoms with Gasteiger partial charge in [-0.2, -0.15) is 0 Å². The van der Waals surface area contributed by atoms with E-state index in [1.807, 2.05) is 97.2 Å². The van der Waals surface area contributed by atoms with Gasteiger partial charge in [0.15, 0.2) is 6.54 Å². The van der Waals surface area contributed by atoms with E-state index < -0.39 is 5.60 Å². The summed E-state index contributed by atoms with van der Waals surface area (Å²) in [5.74, 6) is -0.245. The van der Waals surface area contributed by atoms with Crippen LogP contribution in [0.2, 0.25) is 0 Å². The van der Waals surface area contributed by atoms with E-state index in [1.54, 1.807) is 0 Å². The Bertz CT molecular complexity index is 920. The maximum atomic E-state index is 11.9. The third-order valence-corrected chi connectivity index (χ3v) is 3.86. The summed E-state index contributed by atoms with van der Waals surface area (Å²) >= 11 is 0. The number of carbonyl (C=O) groups is 1. The molecule has 3 aromatic heterocycles. The average Bonchev–Trinajstić information content (AvgIpc) is 3.15. The van der Waals surface area contributed by atoms with Crippen molar-refractivity contribution in [2.24, 2.45) is 7.05 Å². The molecule has 3 aromatic rings. The van der Waals surface area contributed by atoms with Gasteiger partial charge in [-0.05, 0) is 32.9 Å². The lowest BCUT2D eigenvalue weighted by Gasteiger charge is -2.18. The van der Waals surface area contributed by atoms with Crippen LogP contribution >= 0.6 is 0 Å². The molecule has 0 bridgehead atoms. The molecule has 27 heavy (non-hydrogen) atoms. The zero-order valence-electron chi connectivity index (χ0n) is 16.4. The lowest BCUT2D eigenvalue weighted by atomic mass is 10.2. The molecule has 142 valence electrons. The second kappa shape index (κ2) is 7.73. The van der Waals surface area contributed by atoms with Crippen molar-refractivity contribution in [2.75, 3.05) is 0 Å². The van der Waals surface area contributed by atoms with Gasteiger partial charge in [-0.15, -0.1) is 0 Å². The number of rotatable bonds is 6. The number of carbonyl (C=O) groups excluding carboxylic acids is 1. The van der Waals surface area contributed by atoms with Crippen LogP contribution in [0.25, 0.3) is 0 Å². The Labute approximate surface area is 159 Å². The van der Waals surface area contributed by atoms with Crippen molar-refractivity contribution < 1.29 is 18.7 Å². The molecule has 0 unspecified atom stereocenters. The molecule has 0 radical (unpaired) electrons. The first-order chi connectivity index (χ1) is 12.8. The lowest BCUT2D eigenvalue weighted by molar-refractivity contribution is -0.688. The summed E-state index contributed by atoms with van der Waals surface area (Å²) in [5, 5.41) is 0. The number of pyridine rings is 1. The molecule has 3 rings (SSSR count). The van der Waals surface area contributed by atoms with Crippen LogP contribution in [0.1, 0.15) is 32.2 Å². The normalized spacial score (nSPS) is 11.6. The van der Waals surface area contributed by atoms with Gasteiger partial charge in [-0.3, -0.25) is 0 Å². The second-order valence-electron chi connectivity index (χ2n) is 7.72. The minimum absolute atomic E-state index is 0.197. The third kappa shape index (κ3) is 5.77. The summed E-state index contributed by atoms with van der Waals surface area (Å²) in [4.78, 5) is 16.7. The van der Waals surface area contributed by atoms with E-state index in [1.165, 1.54) is 0 Å². The molecular weight excluding hydrogens is 342 g/mol. The molecule has 0 aliphatic heterocycles. The van der Waals surface area contributed by atoms with Gasteiger partial charge >= 0.3 is 5.97 Å². The van der Waals surface area contributed by atoms with Crippen molar-refractivity contribution in [3.05, 3.63) is 67.0 Å². The maximum absolute atomic E-state index is 11.9. The highest BCUT2D eigenvalue weighted by Gasteiger charge is 2.18. The van der Waals surface area contributed by atoms with Crippen molar-refractivity contribution in [3.63, 3.8) is 0 Å². The predicted octanol–water partition coefficient (Wildman–Crippen LogP) is 1.23. The fraction of sp³-hybridized carbons (Fsp3) is 0.400. The van der Waals surface area contributed by atoms with Crippen molar-refractivity contribution in [1.82, 2.24) is 14.1 Å². The smallest absolute Gasteiger partial charge is 0.349 e. The van der Waals surface area contributed by atoms with Crippen LogP contribution in [-0.2, 0) is 36.2 Å². The standard InChI is InChI=1S/C20H27N5O2/c1-20(2,3)27-19(26)14-25-11-10-24(16-25)13-18-7-5-6-17(21-18)12-23-9-8-22(4)15-23/h5-11,15-16H,12-14H2,1-4H3/q+2. The third-order valence-electron chi connectivity index (χ3n) is 3.86. The number of imidazole rings is 2. The predicted molar refractivity (Wildman–Crippen MR) is 98.5 cm³/mol. The number of hydrogen-bond acceptors (Lipinski definition) is 3. The summed E-state index contributed by atoms with van der Waals surface area (Å²) < 4.78 is 13.3. The van der Waals surface area contributed by atoms with Crippen molar-refractivity contribution in [2.45, 2.75) is 46.0 Å². The molecule has 0 saturated carbocycles. The Hall–Kier alpha value is -2.96. The SMILES string of the molecule is C[n+]1ccn(Cc2cccc(C[n+]3ccn(CC(=O)OC(C)(C)C)c3)n2)c1. The van der Waals surface area contributed by atoms with Crippen molar-refractivity contribution in [1.29, 1.82) is 0 Å². The maximum Gasteiger partial charge on any atom is 0.349 e. The highest BCUT2D eigenvalue weighted by atomic mass is 16.6. The zero-order valence-corrected chi connectivity index (χ0v) is 16.4. The number of esters is 1. The van der Waals surface area contributed by atoms with Gasteiger partial charge < -0.3 is 4.74 Å². The molecule has 0 spiro atoms. The van der Waals surface area contributed by atoms with E-state index in [0.29, 0.717) is 6.54 Å². The van der Waals surface area contributed by atoms with E-state index in [4.69, 9.17) is 9.72 Å². The summed E-state index contributed by atoms with van der Waals surface area (Å²) in [6.07, 6.45) is 11.8. The van der Waals surface area contributed by atoms with Gasteiger partial charge in [-0.25, -0.2) is 28.0 Å². The summed E-state index contributed by atoms with van der Waals surface area (Å²) in [5.41, 5.74) is 1.52. The minimum Gasteiger partial charge on any atom is -0.457 e. The van der Waals surface area contributed by atoms with E-state index in [-0.39, 0.29) is 12.5 Å². The number of hydrogen-bond donors (Lipinski definition) is 0. The van der Waals surface area contributed by atoms with Gasteiger partial charge in [0.1, 0.15) is 43.5 Å². The molecule has 0 saturated heterocycles. The first-order valence-electron chi connectivity index (χ1n) is 8.99. The molecule has 0 aromatic carbocycles. The van der Waals surface area contributed by atoms with Crippen molar-refractivity contribution in [3.8, 4) is 0 Å². The fourth-order valence-corrected chi connectivity index (χ4v) is 2.82. The topological polar surface area (TPSA) is 56.8 Å². The van der Waals surface area contributed by atoms with E-state index >= 15 is 0 Å². The molecule has 0 atom stereocenters. The first kappa shape index (κ1) is 18.8. The first-order valence-corrected chi connectivity index (χ1v) is 8.99. The number of aryl methyl sites for hydroxylation is 1. The van der Waals surface area contributed by atoms with E-state index in [9.17, 15) is 4.79 Å². The van der Waals surface area contributed by atoms with Crippen LogP contribution < -0.4 is 9.13 Å². The summed E-state index contributed by atoms with van der Waals surface area (Å²) in [7, 11) is 2.00. The van der Waals surface area contributed by atoms with Gasteiger partial charge in [0.2, 0.25) is 12.7 Å². The Morgan fingerprint density at radius 1 is 1.11 bits per heavy atom. The fourth-order valence-electron chi connectivity index (χ4n) is 2.82. The van der Waals surface area contributed by atoms with Crippen LogP contribution in [-0.4, -0.2) is 25.7 Å².